The van der Waals surface area contributed by atoms with Crippen molar-refractivity contribution in [3.8, 4) is 6.07 Å². The smallest absolute Gasteiger partial charge is 0.320 e. The van der Waals surface area contributed by atoms with E-state index in [1.165, 1.54) is 5.56 Å². The second kappa shape index (κ2) is 9.48. The lowest BCUT2D eigenvalue weighted by atomic mass is 9.96. The van der Waals surface area contributed by atoms with E-state index in [0.717, 1.165) is 78.0 Å². The zero-order valence-electron chi connectivity index (χ0n) is 17.6. The van der Waals surface area contributed by atoms with Crippen LogP contribution in [0.5, 0.6) is 0 Å². The Bertz CT molecular complexity index is 789. The summed E-state index contributed by atoms with van der Waals surface area (Å²) in [6.07, 6.45) is 3.98. The van der Waals surface area contributed by atoms with Gasteiger partial charge in [0.2, 0.25) is 5.91 Å². The highest BCUT2D eigenvalue weighted by molar-refractivity contribution is 5.81. The van der Waals surface area contributed by atoms with E-state index < -0.39 is 0 Å². The maximum atomic E-state index is 13.1. The minimum atomic E-state index is -0.0598. The van der Waals surface area contributed by atoms with E-state index in [4.69, 9.17) is 5.26 Å². The van der Waals surface area contributed by atoms with Crippen LogP contribution in [0.1, 0.15) is 36.8 Å². The van der Waals surface area contributed by atoms with Crippen LogP contribution in [0.15, 0.2) is 24.3 Å². The van der Waals surface area contributed by atoms with E-state index in [1.54, 1.807) is 0 Å². The van der Waals surface area contributed by atoms with E-state index >= 15 is 0 Å². The minimum Gasteiger partial charge on any atom is -0.340 e. The van der Waals surface area contributed by atoms with E-state index in [1.807, 2.05) is 39.0 Å². The summed E-state index contributed by atoms with van der Waals surface area (Å²) >= 11 is 0. The molecular formula is C23H31N5O2. The Morgan fingerprint density at radius 3 is 2.20 bits per heavy atom. The van der Waals surface area contributed by atoms with Crippen LogP contribution < -0.4 is 0 Å². The second-order valence-corrected chi connectivity index (χ2v) is 8.67. The summed E-state index contributed by atoms with van der Waals surface area (Å²) in [7, 11) is 0. The van der Waals surface area contributed by atoms with Gasteiger partial charge in [-0.15, -0.1) is 0 Å². The predicted molar refractivity (Wildman–Crippen MR) is 114 cm³/mol. The Balaban J connectivity index is 1.26. The average molecular weight is 410 g/mol. The van der Waals surface area contributed by atoms with Crippen molar-refractivity contribution in [2.75, 3.05) is 52.4 Å². The molecule has 0 aromatic heterocycles. The fourth-order valence-electron chi connectivity index (χ4n) is 4.79. The molecule has 0 radical (unpaired) electrons. The lowest BCUT2D eigenvalue weighted by molar-refractivity contribution is -0.138. The van der Waals surface area contributed by atoms with Gasteiger partial charge in [0.25, 0.3) is 0 Å². The van der Waals surface area contributed by atoms with Crippen LogP contribution in [-0.4, -0.2) is 83.9 Å². The average Bonchev–Trinajstić information content (AvgIpc) is 3.34. The molecule has 0 spiro atoms. The Labute approximate surface area is 178 Å². The number of piperidine rings is 1. The van der Waals surface area contributed by atoms with Crippen molar-refractivity contribution >= 4 is 11.9 Å². The van der Waals surface area contributed by atoms with Crippen LogP contribution >= 0.6 is 0 Å². The van der Waals surface area contributed by atoms with Gasteiger partial charge in [-0.1, -0.05) is 12.1 Å². The molecule has 0 aliphatic carbocycles. The van der Waals surface area contributed by atoms with Crippen LogP contribution in [-0.2, 0) is 11.3 Å². The summed E-state index contributed by atoms with van der Waals surface area (Å²) in [4.78, 5) is 34.0. The number of nitriles is 1. The summed E-state index contributed by atoms with van der Waals surface area (Å²) < 4.78 is 0. The molecule has 160 valence electrons. The first-order valence-electron chi connectivity index (χ1n) is 11.2. The number of hydrogen-bond donors (Lipinski definition) is 0. The number of piperazine rings is 1. The highest BCUT2D eigenvalue weighted by atomic mass is 16.2. The molecule has 3 saturated heterocycles. The van der Waals surface area contributed by atoms with Crippen molar-refractivity contribution < 1.29 is 9.59 Å². The molecule has 30 heavy (non-hydrogen) atoms. The van der Waals surface area contributed by atoms with Crippen molar-refractivity contribution in [2.24, 2.45) is 5.92 Å². The monoisotopic (exact) mass is 409 g/mol. The zero-order valence-corrected chi connectivity index (χ0v) is 17.6. The van der Waals surface area contributed by atoms with Crippen LogP contribution in [0.25, 0.3) is 0 Å². The van der Waals surface area contributed by atoms with Crippen LogP contribution in [0.4, 0.5) is 4.79 Å². The molecule has 7 nitrogen and oxygen atoms in total. The molecule has 0 unspecified atom stereocenters. The lowest BCUT2D eigenvalue weighted by Crippen LogP contribution is -2.54. The molecule has 0 bridgehead atoms. The largest absolute Gasteiger partial charge is 0.340 e. The maximum Gasteiger partial charge on any atom is 0.320 e. The number of benzene rings is 1. The van der Waals surface area contributed by atoms with Gasteiger partial charge in [0.1, 0.15) is 0 Å². The molecule has 3 aliphatic heterocycles. The lowest BCUT2D eigenvalue weighted by Gasteiger charge is -2.39. The number of carbonyl (C=O) groups is 2. The summed E-state index contributed by atoms with van der Waals surface area (Å²) in [6.45, 7) is 7.10. The van der Waals surface area contributed by atoms with Crippen molar-refractivity contribution in [3.05, 3.63) is 35.4 Å². The number of urea groups is 1. The third-order valence-electron chi connectivity index (χ3n) is 6.59. The summed E-state index contributed by atoms with van der Waals surface area (Å²) in [5, 5.41) is 8.92. The quantitative estimate of drug-likeness (QED) is 0.767. The molecule has 4 rings (SSSR count). The first-order valence-corrected chi connectivity index (χ1v) is 11.2. The van der Waals surface area contributed by atoms with Gasteiger partial charge in [0.05, 0.1) is 17.6 Å². The molecule has 0 N–H and O–H groups in total. The van der Waals surface area contributed by atoms with Gasteiger partial charge >= 0.3 is 6.03 Å². The minimum absolute atomic E-state index is 0.0598. The standard InChI is InChI=1S/C23H31N5O2/c24-16-19-5-7-20(8-6-19)17-25-12-14-26(15-13-25)22(29)21-4-3-11-28(18-21)23(30)27-9-1-2-10-27/h5-8,21H,1-4,9-15,17-18H2/t21-/m1/s1. The molecule has 1 atom stereocenters. The molecule has 3 heterocycles. The highest BCUT2D eigenvalue weighted by Crippen LogP contribution is 2.22. The highest BCUT2D eigenvalue weighted by Gasteiger charge is 2.34. The van der Waals surface area contributed by atoms with Crippen molar-refractivity contribution in [3.63, 3.8) is 0 Å². The molecule has 1 aromatic carbocycles. The number of hydrogen-bond acceptors (Lipinski definition) is 4. The Morgan fingerprint density at radius 2 is 1.53 bits per heavy atom. The third kappa shape index (κ3) is 4.76. The van der Waals surface area contributed by atoms with Gasteiger partial charge in [0, 0.05) is 58.9 Å². The fraction of sp³-hybridized carbons (Fsp3) is 0.609. The Kier molecular flexibility index (Phi) is 6.53. The van der Waals surface area contributed by atoms with E-state index in [-0.39, 0.29) is 17.9 Å². The first-order chi connectivity index (χ1) is 14.6. The van der Waals surface area contributed by atoms with Crippen molar-refractivity contribution in [2.45, 2.75) is 32.2 Å². The molecule has 0 saturated carbocycles. The molecular weight excluding hydrogens is 378 g/mol. The van der Waals surface area contributed by atoms with Crippen LogP contribution in [0.2, 0.25) is 0 Å². The van der Waals surface area contributed by atoms with Crippen LogP contribution in [0.3, 0.4) is 0 Å². The van der Waals surface area contributed by atoms with Crippen molar-refractivity contribution in [1.82, 2.24) is 19.6 Å². The Hall–Kier alpha value is -2.59. The Morgan fingerprint density at radius 1 is 0.867 bits per heavy atom. The summed E-state index contributed by atoms with van der Waals surface area (Å²) in [6, 6.07) is 9.99. The van der Waals surface area contributed by atoms with E-state index in [0.29, 0.717) is 12.1 Å². The normalized spacial score (nSPS) is 22.8. The number of carbonyl (C=O) groups excluding carboxylic acids is 2. The second-order valence-electron chi connectivity index (χ2n) is 8.67. The van der Waals surface area contributed by atoms with Gasteiger partial charge in [-0.2, -0.15) is 5.26 Å². The number of likely N-dealkylation sites (tertiary alicyclic amines) is 2. The topological polar surface area (TPSA) is 70.9 Å². The predicted octanol–water partition coefficient (Wildman–Crippen LogP) is 2.13. The molecule has 3 fully saturated rings. The fourth-order valence-corrected chi connectivity index (χ4v) is 4.79. The van der Waals surface area contributed by atoms with Gasteiger partial charge in [-0.05, 0) is 43.4 Å². The first kappa shape index (κ1) is 20.7. The number of amides is 3. The van der Waals surface area contributed by atoms with Crippen molar-refractivity contribution in [1.29, 1.82) is 5.26 Å². The zero-order chi connectivity index (χ0) is 20.9. The van der Waals surface area contributed by atoms with Crippen LogP contribution in [0, 0.1) is 17.2 Å². The van der Waals surface area contributed by atoms with Gasteiger partial charge < -0.3 is 14.7 Å². The van der Waals surface area contributed by atoms with Gasteiger partial charge in [-0.25, -0.2) is 4.79 Å². The molecule has 3 aliphatic rings. The van der Waals surface area contributed by atoms with Gasteiger partial charge in [0.15, 0.2) is 0 Å². The van der Waals surface area contributed by atoms with E-state index in [2.05, 4.69) is 11.0 Å². The molecule has 3 amide bonds. The molecule has 7 heteroatoms. The summed E-state index contributed by atoms with van der Waals surface area (Å²) in [5.74, 6) is 0.155. The maximum absolute atomic E-state index is 13.1. The molecule has 1 aromatic rings. The van der Waals surface area contributed by atoms with Gasteiger partial charge in [-0.3, -0.25) is 9.69 Å². The number of nitrogens with zero attached hydrogens (tertiary/aromatic N) is 5. The van der Waals surface area contributed by atoms with E-state index in [9.17, 15) is 9.59 Å². The number of rotatable bonds is 3. The summed E-state index contributed by atoms with van der Waals surface area (Å²) in [5.41, 5.74) is 1.87. The SMILES string of the molecule is N#Cc1ccc(CN2CCN(C(=O)[C@@H]3CCCN(C(=O)N4CCCC4)C3)CC2)cc1. The third-order valence-corrected chi connectivity index (χ3v) is 6.59.